The summed E-state index contributed by atoms with van der Waals surface area (Å²) < 4.78 is 0. The Hall–Kier alpha value is -2.14. The second kappa shape index (κ2) is 8.12. The molecule has 108 valence electrons. The topological polar surface area (TPSA) is 89.3 Å². The third-order valence-electron chi connectivity index (χ3n) is 2.95. The summed E-state index contributed by atoms with van der Waals surface area (Å²) in [5.74, 6) is 5.68. The van der Waals surface area contributed by atoms with Crippen LogP contribution < -0.4 is 17.0 Å². The van der Waals surface area contributed by atoms with E-state index in [1.165, 1.54) is 0 Å². The van der Waals surface area contributed by atoms with Crippen molar-refractivity contribution >= 4 is 17.6 Å². The van der Waals surface area contributed by atoms with Crippen LogP contribution in [0, 0.1) is 5.92 Å². The number of hydrogen-bond donors (Lipinski definition) is 3. The first-order chi connectivity index (χ1) is 9.62. The molecule has 1 heterocycles. The van der Waals surface area contributed by atoms with Gasteiger partial charge in [0.1, 0.15) is 0 Å². The highest BCUT2D eigenvalue weighted by atomic mass is 15.2. The second-order valence-corrected chi connectivity index (χ2v) is 4.52. The maximum atomic E-state index is 5.91. The van der Waals surface area contributed by atoms with Gasteiger partial charge in [0, 0.05) is 24.2 Å². The zero-order chi connectivity index (χ0) is 15.0. The van der Waals surface area contributed by atoms with Crippen molar-refractivity contribution in [3.8, 4) is 0 Å². The average Bonchev–Trinajstić information content (AvgIpc) is 2.47. The number of pyridine rings is 1. The van der Waals surface area contributed by atoms with Gasteiger partial charge < -0.3 is 11.2 Å². The maximum absolute atomic E-state index is 5.91. The van der Waals surface area contributed by atoms with Gasteiger partial charge in [0.05, 0.1) is 17.1 Å². The smallest absolute Gasteiger partial charge is 0.0889 e. The van der Waals surface area contributed by atoms with Crippen molar-refractivity contribution in [1.82, 2.24) is 10.4 Å². The Bertz CT molecular complexity index is 517. The molecule has 0 radical (unpaired) electrons. The Balaban J connectivity index is 3.19. The van der Waals surface area contributed by atoms with Gasteiger partial charge in [0.15, 0.2) is 0 Å². The van der Waals surface area contributed by atoms with E-state index in [2.05, 4.69) is 35.3 Å². The molecule has 0 aliphatic rings. The summed E-state index contributed by atoms with van der Waals surface area (Å²) in [6.07, 6.45) is 8.20. The minimum atomic E-state index is 0.442. The molecule has 0 saturated carbocycles. The van der Waals surface area contributed by atoms with Gasteiger partial charge in [-0.3, -0.25) is 15.8 Å². The lowest BCUT2D eigenvalue weighted by Crippen LogP contribution is -2.16. The molecule has 0 aliphatic carbocycles. The molecule has 1 unspecified atom stereocenters. The highest BCUT2D eigenvalue weighted by Crippen LogP contribution is 2.20. The summed E-state index contributed by atoms with van der Waals surface area (Å²) in [5, 5.41) is 0. The highest BCUT2D eigenvalue weighted by Gasteiger charge is 2.06. The molecule has 0 spiro atoms. The summed E-state index contributed by atoms with van der Waals surface area (Å²) in [5.41, 5.74) is 11.4. The van der Waals surface area contributed by atoms with Crippen LogP contribution in [0.2, 0.25) is 0 Å². The summed E-state index contributed by atoms with van der Waals surface area (Å²) >= 11 is 0. The molecular weight excluding hydrogens is 250 g/mol. The zero-order valence-corrected chi connectivity index (χ0v) is 12.3. The number of aliphatic imine (C=N–C) groups is 1. The highest BCUT2D eigenvalue weighted by molar-refractivity contribution is 5.73. The van der Waals surface area contributed by atoms with E-state index >= 15 is 0 Å². The van der Waals surface area contributed by atoms with Gasteiger partial charge in [-0.2, -0.15) is 0 Å². The Morgan fingerprint density at radius 3 is 2.90 bits per heavy atom. The number of aromatic nitrogens is 1. The average molecular weight is 273 g/mol. The molecule has 1 aromatic heterocycles. The molecule has 0 aromatic carbocycles. The van der Waals surface area contributed by atoms with Crippen LogP contribution in [-0.2, 0) is 0 Å². The first-order valence-corrected chi connectivity index (χ1v) is 6.71. The molecule has 5 nitrogen and oxygen atoms in total. The van der Waals surface area contributed by atoms with Crippen LogP contribution in [0.4, 0.5) is 0 Å². The van der Waals surface area contributed by atoms with E-state index in [0.717, 1.165) is 23.4 Å². The summed E-state index contributed by atoms with van der Waals surface area (Å²) in [4.78, 5) is 8.77. The number of rotatable bonds is 6. The first-order valence-electron chi connectivity index (χ1n) is 6.71. The predicted molar refractivity (Wildman–Crippen MR) is 85.3 cm³/mol. The molecule has 0 saturated heterocycles. The molecular formula is C15H23N5. The molecule has 0 amide bonds. The van der Waals surface area contributed by atoms with Crippen molar-refractivity contribution in [3.05, 3.63) is 41.9 Å². The molecule has 0 aliphatic heterocycles. The summed E-state index contributed by atoms with van der Waals surface area (Å²) in [6.45, 7) is 6.19. The van der Waals surface area contributed by atoms with E-state index in [9.17, 15) is 0 Å². The lowest BCUT2D eigenvalue weighted by molar-refractivity contribution is 0.698. The standard InChI is InChI=1S/C15H23N5/c1-4-11(3)8-14(18-5-2)15-9-12(6-7-19-15)13(16)10-20-17/h5-11,20H,4,16-17H2,1-3H3/b13-10-,14-8-,18-5-. The fourth-order valence-corrected chi connectivity index (χ4v) is 1.64. The first kappa shape index (κ1) is 15.9. The molecule has 5 N–H and O–H groups in total. The van der Waals surface area contributed by atoms with Gasteiger partial charge in [0.25, 0.3) is 0 Å². The fraction of sp³-hybridized carbons (Fsp3) is 0.333. The Morgan fingerprint density at radius 1 is 1.55 bits per heavy atom. The van der Waals surface area contributed by atoms with Crippen LogP contribution in [0.5, 0.6) is 0 Å². The molecule has 0 bridgehead atoms. The van der Waals surface area contributed by atoms with Crippen LogP contribution in [0.3, 0.4) is 0 Å². The van der Waals surface area contributed by atoms with Crippen LogP contribution in [0.1, 0.15) is 38.4 Å². The number of nitrogens with zero attached hydrogens (tertiary/aromatic N) is 2. The Kier molecular flexibility index (Phi) is 6.46. The van der Waals surface area contributed by atoms with Crippen molar-refractivity contribution in [2.24, 2.45) is 22.5 Å². The van der Waals surface area contributed by atoms with E-state index in [1.54, 1.807) is 18.6 Å². The van der Waals surface area contributed by atoms with E-state index < -0.39 is 0 Å². The zero-order valence-electron chi connectivity index (χ0n) is 12.3. The van der Waals surface area contributed by atoms with Gasteiger partial charge in [-0.25, -0.2) is 0 Å². The molecule has 5 heteroatoms. The second-order valence-electron chi connectivity index (χ2n) is 4.52. The van der Waals surface area contributed by atoms with Crippen molar-refractivity contribution < 1.29 is 0 Å². The van der Waals surface area contributed by atoms with Gasteiger partial charge in [-0.15, -0.1) is 0 Å². The van der Waals surface area contributed by atoms with E-state index in [0.29, 0.717) is 11.6 Å². The van der Waals surface area contributed by atoms with Gasteiger partial charge >= 0.3 is 0 Å². The minimum absolute atomic E-state index is 0.442. The summed E-state index contributed by atoms with van der Waals surface area (Å²) in [6, 6.07) is 3.74. The monoisotopic (exact) mass is 273 g/mol. The lowest BCUT2D eigenvalue weighted by atomic mass is 10.1. The van der Waals surface area contributed by atoms with Gasteiger partial charge in [0.2, 0.25) is 0 Å². The van der Waals surface area contributed by atoms with Crippen molar-refractivity contribution in [2.45, 2.75) is 27.2 Å². The third-order valence-corrected chi connectivity index (χ3v) is 2.95. The van der Waals surface area contributed by atoms with Crippen LogP contribution in [-0.4, -0.2) is 11.2 Å². The van der Waals surface area contributed by atoms with E-state index in [1.807, 2.05) is 19.1 Å². The predicted octanol–water partition coefficient (Wildman–Crippen LogP) is 2.28. The molecule has 1 rings (SSSR count). The van der Waals surface area contributed by atoms with Crippen molar-refractivity contribution in [1.29, 1.82) is 0 Å². The van der Waals surface area contributed by atoms with Crippen molar-refractivity contribution in [3.63, 3.8) is 0 Å². The number of hydrazine groups is 1. The Morgan fingerprint density at radius 2 is 2.30 bits per heavy atom. The molecule has 0 fully saturated rings. The molecule has 20 heavy (non-hydrogen) atoms. The van der Waals surface area contributed by atoms with Crippen LogP contribution in [0.25, 0.3) is 11.4 Å². The number of hydrogen-bond acceptors (Lipinski definition) is 5. The number of nitrogens with one attached hydrogen (secondary N) is 1. The number of nitrogens with two attached hydrogens (primary N) is 2. The normalized spacial score (nSPS) is 14.6. The van der Waals surface area contributed by atoms with E-state index in [-0.39, 0.29) is 0 Å². The van der Waals surface area contributed by atoms with Crippen LogP contribution in [0.15, 0.2) is 35.6 Å². The quantitative estimate of drug-likeness (QED) is 0.421. The number of allylic oxidation sites excluding steroid dienone is 1. The third kappa shape index (κ3) is 4.51. The molecule has 1 aromatic rings. The fourth-order valence-electron chi connectivity index (χ4n) is 1.64. The van der Waals surface area contributed by atoms with Gasteiger partial charge in [-0.1, -0.05) is 26.3 Å². The maximum Gasteiger partial charge on any atom is 0.0889 e. The van der Waals surface area contributed by atoms with Gasteiger partial charge in [-0.05, 0) is 25.0 Å². The summed E-state index contributed by atoms with van der Waals surface area (Å²) in [7, 11) is 0. The van der Waals surface area contributed by atoms with Crippen molar-refractivity contribution in [2.75, 3.05) is 0 Å². The van der Waals surface area contributed by atoms with E-state index in [4.69, 9.17) is 11.6 Å². The SMILES string of the molecule is C/C=N\C(=C/C(C)CC)c1cc(/C(N)=C/NN)ccn1. The molecule has 1 atom stereocenters. The van der Waals surface area contributed by atoms with Crippen LogP contribution >= 0.6 is 0 Å². The largest absolute Gasteiger partial charge is 0.397 e. The lowest BCUT2D eigenvalue weighted by Gasteiger charge is -2.08. The Labute approximate surface area is 120 Å². The minimum Gasteiger partial charge on any atom is -0.397 e.